The molecule has 0 bridgehead atoms. The largest absolute Gasteiger partial charge is 0.393 e. The third-order valence-corrected chi connectivity index (χ3v) is 5.33. The maximum atomic E-state index is 9.92. The monoisotopic (exact) mass is 260 g/mol. The Kier molecular flexibility index (Phi) is 2.35. The van der Waals surface area contributed by atoms with Crippen molar-refractivity contribution in [3.8, 4) is 11.3 Å². The molecule has 2 aromatic rings. The number of nitrogens with zero attached hydrogens (tertiary/aromatic N) is 2. The number of rotatable bonds is 1. The fourth-order valence-corrected chi connectivity index (χ4v) is 4.65. The molecule has 3 heterocycles. The number of aliphatic hydroxyl groups is 1. The van der Waals surface area contributed by atoms with Crippen molar-refractivity contribution in [3.63, 3.8) is 0 Å². The van der Waals surface area contributed by atoms with Gasteiger partial charge in [-0.3, -0.25) is 0 Å². The molecule has 0 spiro atoms. The molecule has 0 saturated heterocycles. The minimum Gasteiger partial charge on any atom is -0.393 e. The first-order valence-electron chi connectivity index (χ1n) is 6.62. The summed E-state index contributed by atoms with van der Waals surface area (Å²) in [5, 5.41) is 12.1. The molecule has 1 aliphatic carbocycles. The van der Waals surface area contributed by atoms with Gasteiger partial charge in [0.05, 0.1) is 30.4 Å². The first-order chi connectivity index (χ1) is 8.84. The zero-order valence-electron chi connectivity index (χ0n) is 10.1. The minimum absolute atomic E-state index is 0.111. The molecule has 2 aliphatic rings. The van der Waals surface area contributed by atoms with Crippen molar-refractivity contribution >= 4 is 11.3 Å². The Hall–Kier alpha value is -1.13. The Morgan fingerprint density at radius 3 is 3.22 bits per heavy atom. The zero-order chi connectivity index (χ0) is 12.1. The van der Waals surface area contributed by atoms with E-state index in [1.165, 1.54) is 22.6 Å². The molecule has 3 nitrogen and oxygen atoms in total. The molecule has 1 aliphatic heterocycles. The summed E-state index contributed by atoms with van der Waals surface area (Å²) in [4.78, 5) is 5.76. The smallest absolute Gasteiger partial charge is 0.0957 e. The molecular weight excluding hydrogens is 244 g/mol. The van der Waals surface area contributed by atoms with Crippen LogP contribution in [0.15, 0.2) is 24.0 Å². The summed E-state index contributed by atoms with van der Waals surface area (Å²) in [7, 11) is 0. The molecule has 1 fully saturated rings. The quantitative estimate of drug-likeness (QED) is 0.855. The number of hydrogen-bond donors (Lipinski definition) is 1. The summed E-state index contributed by atoms with van der Waals surface area (Å²) < 4.78 is 2.31. The fraction of sp³-hybridized carbons (Fsp3) is 0.500. The number of aromatic nitrogens is 2. The van der Waals surface area contributed by atoms with Gasteiger partial charge in [0.15, 0.2) is 0 Å². The Morgan fingerprint density at radius 2 is 2.33 bits per heavy atom. The van der Waals surface area contributed by atoms with Crippen LogP contribution in [0.4, 0.5) is 0 Å². The molecule has 0 aromatic carbocycles. The van der Waals surface area contributed by atoms with Crippen LogP contribution in [0.25, 0.3) is 11.3 Å². The van der Waals surface area contributed by atoms with E-state index in [4.69, 9.17) is 0 Å². The van der Waals surface area contributed by atoms with Crippen LogP contribution < -0.4 is 0 Å². The van der Waals surface area contributed by atoms with Gasteiger partial charge < -0.3 is 9.67 Å². The van der Waals surface area contributed by atoms with E-state index in [1.807, 2.05) is 23.9 Å². The SMILES string of the molecule is O[C@@H]1CCCC([C@H]2c3sccc3-c3cncn32)C1. The van der Waals surface area contributed by atoms with E-state index < -0.39 is 0 Å². The predicted octanol–water partition coefficient (Wildman–Crippen LogP) is 3.07. The standard InChI is InChI=1S/C14H16N2OS/c17-10-3-1-2-9(6-10)13-14-11(4-5-18-14)12-7-15-8-16(12)13/h4-5,7-10,13,17H,1-3,6H2/t9?,10-,13+/m1/s1. The normalized spacial score (nSPS) is 30.2. The van der Waals surface area contributed by atoms with Gasteiger partial charge in [-0.05, 0) is 36.6 Å². The van der Waals surface area contributed by atoms with Gasteiger partial charge in [0.25, 0.3) is 0 Å². The van der Waals surface area contributed by atoms with Crippen LogP contribution in [-0.2, 0) is 0 Å². The predicted molar refractivity (Wildman–Crippen MR) is 71.6 cm³/mol. The van der Waals surface area contributed by atoms with E-state index in [0.717, 1.165) is 19.3 Å². The van der Waals surface area contributed by atoms with E-state index in [0.29, 0.717) is 12.0 Å². The second-order valence-corrected chi connectivity index (χ2v) is 6.36. The number of thiophene rings is 1. The highest BCUT2D eigenvalue weighted by Crippen LogP contribution is 2.49. The fourth-order valence-electron chi connectivity index (χ4n) is 3.55. The summed E-state index contributed by atoms with van der Waals surface area (Å²) in [5.74, 6) is 0.557. The molecule has 0 amide bonds. The molecule has 1 saturated carbocycles. The second kappa shape index (κ2) is 3.93. The summed E-state index contributed by atoms with van der Waals surface area (Å²) in [5.41, 5.74) is 2.60. The van der Waals surface area contributed by atoms with Crippen molar-refractivity contribution < 1.29 is 5.11 Å². The highest BCUT2D eigenvalue weighted by Gasteiger charge is 2.37. The molecule has 2 aromatic heterocycles. The molecule has 94 valence electrons. The Bertz CT molecular complexity index is 534. The van der Waals surface area contributed by atoms with Crippen molar-refractivity contribution in [1.82, 2.24) is 9.55 Å². The minimum atomic E-state index is -0.111. The molecule has 18 heavy (non-hydrogen) atoms. The lowest BCUT2D eigenvalue weighted by Gasteiger charge is -2.31. The van der Waals surface area contributed by atoms with E-state index in [1.54, 1.807) is 0 Å². The van der Waals surface area contributed by atoms with Crippen LogP contribution in [0.1, 0.15) is 36.6 Å². The molecule has 4 rings (SSSR count). The van der Waals surface area contributed by atoms with Crippen molar-refractivity contribution in [1.29, 1.82) is 0 Å². The highest BCUT2D eigenvalue weighted by molar-refractivity contribution is 7.10. The number of fused-ring (bicyclic) bond motifs is 3. The number of aliphatic hydroxyl groups excluding tert-OH is 1. The summed E-state index contributed by atoms with van der Waals surface area (Å²) in [6, 6.07) is 2.61. The molecule has 3 atom stereocenters. The molecule has 4 heteroatoms. The Morgan fingerprint density at radius 1 is 1.39 bits per heavy atom. The van der Waals surface area contributed by atoms with E-state index in [9.17, 15) is 5.11 Å². The van der Waals surface area contributed by atoms with E-state index in [2.05, 4.69) is 21.0 Å². The molecular formula is C14H16N2OS. The Balaban J connectivity index is 1.77. The Labute approximate surface area is 110 Å². The van der Waals surface area contributed by atoms with Gasteiger partial charge in [0.2, 0.25) is 0 Å². The second-order valence-electron chi connectivity index (χ2n) is 5.41. The van der Waals surface area contributed by atoms with Crippen LogP contribution in [-0.4, -0.2) is 20.8 Å². The van der Waals surface area contributed by atoms with Crippen LogP contribution in [0.2, 0.25) is 0 Å². The van der Waals surface area contributed by atoms with Gasteiger partial charge in [-0.25, -0.2) is 4.98 Å². The van der Waals surface area contributed by atoms with Gasteiger partial charge in [-0.2, -0.15) is 0 Å². The summed E-state index contributed by atoms with van der Waals surface area (Å²) >= 11 is 1.85. The van der Waals surface area contributed by atoms with Crippen molar-refractivity contribution in [2.24, 2.45) is 5.92 Å². The third kappa shape index (κ3) is 1.42. The van der Waals surface area contributed by atoms with E-state index in [-0.39, 0.29) is 6.10 Å². The van der Waals surface area contributed by atoms with Crippen LogP contribution in [0, 0.1) is 5.92 Å². The zero-order valence-corrected chi connectivity index (χ0v) is 10.9. The average molecular weight is 260 g/mol. The van der Waals surface area contributed by atoms with Crippen LogP contribution in [0.5, 0.6) is 0 Å². The van der Waals surface area contributed by atoms with Gasteiger partial charge in [-0.1, -0.05) is 6.42 Å². The maximum Gasteiger partial charge on any atom is 0.0957 e. The van der Waals surface area contributed by atoms with Gasteiger partial charge >= 0.3 is 0 Å². The summed E-state index contributed by atoms with van der Waals surface area (Å²) in [6.45, 7) is 0. The first kappa shape index (κ1) is 10.8. The first-order valence-corrected chi connectivity index (χ1v) is 7.50. The lowest BCUT2D eigenvalue weighted by atomic mass is 9.82. The third-order valence-electron chi connectivity index (χ3n) is 4.34. The van der Waals surface area contributed by atoms with Gasteiger partial charge in [0.1, 0.15) is 0 Å². The van der Waals surface area contributed by atoms with Gasteiger partial charge in [-0.15, -0.1) is 11.3 Å². The number of imidazole rings is 1. The molecule has 1 N–H and O–H groups in total. The lowest BCUT2D eigenvalue weighted by molar-refractivity contribution is 0.0892. The maximum absolute atomic E-state index is 9.92. The topological polar surface area (TPSA) is 38.1 Å². The summed E-state index contributed by atoms with van der Waals surface area (Å²) in [6.07, 6.45) is 8.07. The lowest BCUT2D eigenvalue weighted by Crippen LogP contribution is -2.26. The average Bonchev–Trinajstić information content (AvgIpc) is 2.99. The van der Waals surface area contributed by atoms with Crippen LogP contribution >= 0.6 is 11.3 Å². The highest BCUT2D eigenvalue weighted by atomic mass is 32.1. The molecule has 1 unspecified atom stereocenters. The van der Waals surface area contributed by atoms with Crippen molar-refractivity contribution in [2.45, 2.75) is 37.8 Å². The number of hydrogen-bond acceptors (Lipinski definition) is 3. The van der Waals surface area contributed by atoms with Crippen LogP contribution in [0.3, 0.4) is 0 Å². The van der Waals surface area contributed by atoms with Gasteiger partial charge in [0, 0.05) is 10.4 Å². The van der Waals surface area contributed by atoms with Crippen molar-refractivity contribution in [2.75, 3.05) is 0 Å². The van der Waals surface area contributed by atoms with E-state index >= 15 is 0 Å². The molecule has 0 radical (unpaired) electrons. The van der Waals surface area contributed by atoms with Crippen molar-refractivity contribution in [3.05, 3.63) is 28.8 Å².